The molecule has 126 valence electrons. The van der Waals surface area contributed by atoms with Gasteiger partial charge in [-0.2, -0.15) is 0 Å². The molecule has 5 heteroatoms. The van der Waals surface area contributed by atoms with Gasteiger partial charge >= 0.3 is 5.97 Å². The van der Waals surface area contributed by atoms with Gasteiger partial charge in [0.1, 0.15) is 6.10 Å². The summed E-state index contributed by atoms with van der Waals surface area (Å²) in [6.07, 6.45) is 9.16. The van der Waals surface area contributed by atoms with Crippen LogP contribution in [0.5, 0.6) is 0 Å². The fourth-order valence-electron chi connectivity index (χ4n) is 3.65. The molecule has 1 amide bonds. The Bertz CT molecular complexity index is 379. The molecule has 0 aromatic heterocycles. The molecule has 2 N–H and O–H groups in total. The smallest absolute Gasteiger partial charge is 0.308 e. The lowest BCUT2D eigenvalue weighted by Crippen LogP contribution is -2.47. The predicted molar refractivity (Wildman–Crippen MR) is 83.6 cm³/mol. The average Bonchev–Trinajstić information content (AvgIpc) is 2.89. The van der Waals surface area contributed by atoms with Crippen LogP contribution in [0.4, 0.5) is 0 Å². The first-order valence-corrected chi connectivity index (χ1v) is 8.80. The third kappa shape index (κ3) is 4.70. The van der Waals surface area contributed by atoms with Crippen molar-refractivity contribution in [3.8, 4) is 0 Å². The summed E-state index contributed by atoms with van der Waals surface area (Å²) in [5.74, 6) is -1.39. The van der Waals surface area contributed by atoms with Crippen LogP contribution in [-0.4, -0.2) is 35.2 Å². The fourth-order valence-corrected chi connectivity index (χ4v) is 3.65. The topological polar surface area (TPSA) is 75.6 Å². The van der Waals surface area contributed by atoms with Gasteiger partial charge in [-0.1, -0.05) is 39.0 Å². The molecule has 0 aliphatic heterocycles. The Balaban J connectivity index is 1.92. The van der Waals surface area contributed by atoms with Crippen LogP contribution in [0.25, 0.3) is 0 Å². The summed E-state index contributed by atoms with van der Waals surface area (Å²) in [5, 5.41) is 12.4. The maximum atomic E-state index is 12.5. The van der Waals surface area contributed by atoms with Gasteiger partial charge in [0.15, 0.2) is 0 Å². The summed E-state index contributed by atoms with van der Waals surface area (Å²) in [5.41, 5.74) is 0. The van der Waals surface area contributed by atoms with E-state index in [0.29, 0.717) is 12.8 Å². The highest BCUT2D eigenvalue weighted by Crippen LogP contribution is 2.25. The second-order valence-electron chi connectivity index (χ2n) is 6.64. The third-order valence-electron chi connectivity index (χ3n) is 4.98. The second-order valence-corrected chi connectivity index (χ2v) is 6.64. The lowest BCUT2D eigenvalue weighted by atomic mass is 9.94. The van der Waals surface area contributed by atoms with E-state index in [1.54, 1.807) is 0 Å². The Labute approximate surface area is 132 Å². The quantitative estimate of drug-likeness (QED) is 0.740. The maximum absolute atomic E-state index is 12.5. The van der Waals surface area contributed by atoms with Crippen molar-refractivity contribution >= 4 is 11.9 Å². The number of amides is 1. The molecular formula is C17H29NO4. The Morgan fingerprint density at radius 1 is 1.09 bits per heavy atom. The van der Waals surface area contributed by atoms with Gasteiger partial charge in [0.05, 0.1) is 12.0 Å². The fraction of sp³-hybridized carbons (Fsp3) is 0.882. The average molecular weight is 311 g/mol. The van der Waals surface area contributed by atoms with Crippen LogP contribution in [0.1, 0.15) is 71.1 Å². The van der Waals surface area contributed by atoms with Crippen molar-refractivity contribution in [2.75, 3.05) is 0 Å². The Kier molecular flexibility index (Phi) is 6.68. The van der Waals surface area contributed by atoms with Gasteiger partial charge in [-0.15, -0.1) is 0 Å². The van der Waals surface area contributed by atoms with Crippen molar-refractivity contribution in [3.05, 3.63) is 0 Å². The monoisotopic (exact) mass is 311 g/mol. The summed E-state index contributed by atoms with van der Waals surface area (Å²) in [6, 6.07) is -0.256. The van der Waals surface area contributed by atoms with E-state index in [2.05, 4.69) is 5.32 Å². The second kappa shape index (κ2) is 8.51. The molecular weight excluding hydrogens is 282 g/mol. The minimum Gasteiger partial charge on any atom is -0.481 e. The summed E-state index contributed by atoms with van der Waals surface area (Å²) >= 11 is 0. The summed E-state index contributed by atoms with van der Waals surface area (Å²) in [4.78, 5) is 23.9. The molecule has 22 heavy (non-hydrogen) atoms. The molecule has 2 saturated carbocycles. The van der Waals surface area contributed by atoms with E-state index < -0.39 is 18.0 Å². The van der Waals surface area contributed by atoms with Crippen LogP contribution < -0.4 is 5.32 Å². The lowest BCUT2D eigenvalue weighted by molar-refractivity contribution is -0.144. The molecule has 0 spiro atoms. The number of hydrogen-bond acceptors (Lipinski definition) is 3. The SMILES string of the molecule is CCC(OC1CCCC1)C(=O)N[C@H]1CCCCC[C@H]1C(=O)O. The molecule has 0 aromatic carbocycles. The van der Waals surface area contributed by atoms with Gasteiger partial charge in [0.2, 0.25) is 5.91 Å². The van der Waals surface area contributed by atoms with E-state index in [1.807, 2.05) is 6.92 Å². The van der Waals surface area contributed by atoms with Crippen LogP contribution in [-0.2, 0) is 14.3 Å². The first-order chi connectivity index (χ1) is 10.6. The van der Waals surface area contributed by atoms with Gasteiger partial charge in [0, 0.05) is 6.04 Å². The zero-order valence-corrected chi connectivity index (χ0v) is 13.6. The van der Waals surface area contributed by atoms with Gasteiger partial charge < -0.3 is 15.2 Å². The van der Waals surface area contributed by atoms with Crippen molar-refractivity contribution in [2.24, 2.45) is 5.92 Å². The van der Waals surface area contributed by atoms with Gasteiger partial charge in [-0.3, -0.25) is 9.59 Å². The van der Waals surface area contributed by atoms with E-state index in [-0.39, 0.29) is 18.1 Å². The van der Waals surface area contributed by atoms with Crippen molar-refractivity contribution in [3.63, 3.8) is 0 Å². The van der Waals surface area contributed by atoms with Gasteiger partial charge in [-0.05, 0) is 32.1 Å². The van der Waals surface area contributed by atoms with Crippen molar-refractivity contribution < 1.29 is 19.4 Å². The number of ether oxygens (including phenoxy) is 1. The Morgan fingerprint density at radius 2 is 1.73 bits per heavy atom. The van der Waals surface area contributed by atoms with Crippen LogP contribution in [0.2, 0.25) is 0 Å². The number of aliphatic carboxylic acids is 1. The number of nitrogens with one attached hydrogen (secondary N) is 1. The number of carboxylic acids is 1. The van der Waals surface area contributed by atoms with Crippen molar-refractivity contribution in [2.45, 2.75) is 89.4 Å². The van der Waals surface area contributed by atoms with Crippen LogP contribution in [0.3, 0.4) is 0 Å². The highest BCUT2D eigenvalue weighted by Gasteiger charge is 2.33. The molecule has 0 saturated heterocycles. The first kappa shape index (κ1) is 17.3. The molecule has 0 heterocycles. The number of rotatable bonds is 6. The number of carbonyl (C=O) groups excluding carboxylic acids is 1. The van der Waals surface area contributed by atoms with Gasteiger partial charge in [-0.25, -0.2) is 0 Å². The number of carbonyl (C=O) groups is 2. The molecule has 3 atom stereocenters. The van der Waals surface area contributed by atoms with E-state index in [9.17, 15) is 14.7 Å². The molecule has 1 unspecified atom stereocenters. The summed E-state index contributed by atoms with van der Waals surface area (Å²) < 4.78 is 5.93. The molecule has 0 bridgehead atoms. The van der Waals surface area contributed by atoms with E-state index in [1.165, 1.54) is 12.8 Å². The predicted octanol–water partition coefficient (Wildman–Crippen LogP) is 2.87. The van der Waals surface area contributed by atoms with Crippen LogP contribution in [0, 0.1) is 5.92 Å². The standard InChI is InChI=1S/C17H29NO4/c1-2-15(22-12-8-6-7-9-12)16(19)18-14-11-5-3-4-10-13(14)17(20)21/h12-15H,2-11H2,1H3,(H,18,19)(H,20,21)/t13-,14+,15?/m1/s1. The van der Waals surface area contributed by atoms with Gasteiger partial charge in [0.25, 0.3) is 0 Å². The minimum absolute atomic E-state index is 0.132. The highest BCUT2D eigenvalue weighted by atomic mass is 16.5. The maximum Gasteiger partial charge on any atom is 0.308 e. The zero-order chi connectivity index (χ0) is 15.9. The summed E-state index contributed by atoms with van der Waals surface area (Å²) in [6.45, 7) is 1.95. The van der Waals surface area contributed by atoms with E-state index in [4.69, 9.17) is 4.74 Å². The molecule has 2 aliphatic carbocycles. The molecule has 2 fully saturated rings. The molecule has 2 aliphatic rings. The first-order valence-electron chi connectivity index (χ1n) is 8.80. The number of hydrogen-bond donors (Lipinski definition) is 2. The van der Waals surface area contributed by atoms with Crippen LogP contribution >= 0.6 is 0 Å². The summed E-state index contributed by atoms with van der Waals surface area (Å²) in [7, 11) is 0. The molecule has 5 nitrogen and oxygen atoms in total. The Morgan fingerprint density at radius 3 is 2.36 bits per heavy atom. The highest BCUT2D eigenvalue weighted by molar-refractivity contribution is 5.82. The molecule has 2 rings (SSSR count). The third-order valence-corrected chi connectivity index (χ3v) is 4.98. The molecule has 0 radical (unpaired) electrons. The minimum atomic E-state index is -0.794. The lowest BCUT2D eigenvalue weighted by Gasteiger charge is -2.26. The van der Waals surface area contributed by atoms with E-state index >= 15 is 0 Å². The zero-order valence-electron chi connectivity index (χ0n) is 13.6. The Hall–Kier alpha value is -1.10. The number of carboxylic acid groups (broad SMARTS) is 1. The van der Waals surface area contributed by atoms with E-state index in [0.717, 1.165) is 38.5 Å². The van der Waals surface area contributed by atoms with Crippen LogP contribution in [0.15, 0.2) is 0 Å². The molecule has 0 aromatic rings. The van der Waals surface area contributed by atoms with Crippen molar-refractivity contribution in [1.29, 1.82) is 0 Å². The normalized spacial score (nSPS) is 28.0. The largest absolute Gasteiger partial charge is 0.481 e. The van der Waals surface area contributed by atoms with Crippen molar-refractivity contribution in [1.82, 2.24) is 5.32 Å².